The number of aryl methyl sites for hydroxylation is 2. The second-order valence-electron chi connectivity index (χ2n) is 5.70. The molecule has 2 N–H and O–H groups in total. The van der Waals surface area contributed by atoms with E-state index in [0.29, 0.717) is 32.9 Å². The van der Waals surface area contributed by atoms with Crippen LogP contribution < -0.4 is 10.6 Å². The second kappa shape index (κ2) is 7.72. The van der Waals surface area contributed by atoms with Crippen LogP contribution in [0.1, 0.15) is 21.7 Å². The van der Waals surface area contributed by atoms with Crippen molar-refractivity contribution in [3.8, 4) is 0 Å². The van der Waals surface area contributed by atoms with E-state index in [4.69, 9.17) is 23.2 Å². The summed E-state index contributed by atoms with van der Waals surface area (Å²) in [6.07, 6.45) is 0. The Balaban J connectivity index is 1.89. The molecular weight excluding hydrogens is 371 g/mol. The zero-order chi connectivity index (χ0) is 18.7. The van der Waals surface area contributed by atoms with Crippen LogP contribution in [0.4, 0.5) is 17.3 Å². The molecule has 0 aliphatic heterocycles. The Morgan fingerprint density at radius 2 is 1.58 bits per heavy atom. The molecule has 0 fully saturated rings. The molecule has 0 saturated heterocycles. The zero-order valence-corrected chi connectivity index (χ0v) is 15.7. The fourth-order valence-corrected chi connectivity index (χ4v) is 2.83. The van der Waals surface area contributed by atoms with Gasteiger partial charge in [0.25, 0.3) is 5.91 Å². The van der Waals surface area contributed by atoms with Crippen LogP contribution in [0.2, 0.25) is 10.0 Å². The van der Waals surface area contributed by atoms with Crippen molar-refractivity contribution >= 4 is 46.4 Å². The molecule has 0 saturated carbocycles. The predicted octanol–water partition coefficient (Wildman–Crippen LogP) is 5.40. The SMILES string of the molecule is Cc1cc(C)nc(Nc2ccccc2C(=O)Nc2cccc(Cl)c2Cl)n1. The van der Waals surface area contributed by atoms with Gasteiger partial charge in [0.1, 0.15) is 0 Å². The van der Waals surface area contributed by atoms with E-state index in [1.165, 1.54) is 0 Å². The summed E-state index contributed by atoms with van der Waals surface area (Å²) in [6.45, 7) is 3.78. The molecular formula is C19H16Cl2N4O. The van der Waals surface area contributed by atoms with E-state index in [1.807, 2.05) is 26.0 Å². The van der Waals surface area contributed by atoms with Gasteiger partial charge in [-0.2, -0.15) is 0 Å². The molecule has 0 radical (unpaired) electrons. The molecule has 2 aromatic carbocycles. The first-order valence-electron chi connectivity index (χ1n) is 7.88. The van der Waals surface area contributed by atoms with Crippen molar-refractivity contribution < 1.29 is 4.79 Å². The predicted molar refractivity (Wildman–Crippen MR) is 106 cm³/mol. The number of nitrogens with zero attached hydrogens (tertiary/aromatic N) is 2. The van der Waals surface area contributed by atoms with Gasteiger partial charge >= 0.3 is 0 Å². The molecule has 132 valence electrons. The Morgan fingerprint density at radius 1 is 0.923 bits per heavy atom. The van der Waals surface area contributed by atoms with Crippen LogP contribution in [0.5, 0.6) is 0 Å². The number of hydrogen-bond donors (Lipinski definition) is 2. The summed E-state index contributed by atoms with van der Waals surface area (Å²) >= 11 is 12.1. The van der Waals surface area contributed by atoms with Gasteiger partial charge in [-0.05, 0) is 44.2 Å². The van der Waals surface area contributed by atoms with E-state index < -0.39 is 0 Å². The lowest BCUT2D eigenvalue weighted by Gasteiger charge is -2.13. The van der Waals surface area contributed by atoms with Crippen LogP contribution in [0.3, 0.4) is 0 Å². The number of para-hydroxylation sites is 1. The number of carbonyl (C=O) groups excluding carboxylic acids is 1. The quantitative estimate of drug-likeness (QED) is 0.629. The highest BCUT2D eigenvalue weighted by atomic mass is 35.5. The standard InChI is InChI=1S/C19H16Cl2N4O/c1-11-10-12(2)23-19(22-11)25-15-8-4-3-6-13(15)18(26)24-16-9-5-7-14(20)17(16)21/h3-10H,1-2H3,(H,24,26)(H,22,23,25). The summed E-state index contributed by atoms with van der Waals surface area (Å²) < 4.78 is 0. The van der Waals surface area contributed by atoms with Crippen molar-refractivity contribution in [3.05, 3.63) is 75.5 Å². The monoisotopic (exact) mass is 386 g/mol. The number of amides is 1. The molecule has 0 aliphatic rings. The maximum Gasteiger partial charge on any atom is 0.257 e. The van der Waals surface area contributed by atoms with E-state index in [-0.39, 0.29) is 5.91 Å². The van der Waals surface area contributed by atoms with Crippen LogP contribution in [0.15, 0.2) is 48.5 Å². The normalized spacial score (nSPS) is 10.5. The maximum absolute atomic E-state index is 12.7. The summed E-state index contributed by atoms with van der Waals surface area (Å²) in [6, 6.07) is 14.0. The third-order valence-electron chi connectivity index (χ3n) is 3.60. The molecule has 1 aromatic heterocycles. The first kappa shape index (κ1) is 18.2. The zero-order valence-electron chi connectivity index (χ0n) is 14.2. The van der Waals surface area contributed by atoms with Crippen molar-refractivity contribution in [2.24, 2.45) is 0 Å². The van der Waals surface area contributed by atoms with Crippen LogP contribution >= 0.6 is 23.2 Å². The first-order valence-corrected chi connectivity index (χ1v) is 8.63. The maximum atomic E-state index is 12.7. The average molecular weight is 387 g/mol. The topological polar surface area (TPSA) is 66.9 Å². The van der Waals surface area contributed by atoms with Gasteiger partial charge in [0.05, 0.1) is 27.0 Å². The van der Waals surface area contributed by atoms with E-state index in [9.17, 15) is 4.79 Å². The average Bonchev–Trinajstić information content (AvgIpc) is 2.58. The molecule has 0 aliphatic carbocycles. The van der Waals surface area contributed by atoms with Crippen molar-refractivity contribution in [3.63, 3.8) is 0 Å². The van der Waals surface area contributed by atoms with E-state index >= 15 is 0 Å². The van der Waals surface area contributed by atoms with Gasteiger partial charge in [-0.3, -0.25) is 4.79 Å². The van der Waals surface area contributed by atoms with Crippen molar-refractivity contribution in [1.29, 1.82) is 0 Å². The van der Waals surface area contributed by atoms with Gasteiger partial charge in [0.2, 0.25) is 5.95 Å². The minimum absolute atomic E-state index is 0.297. The molecule has 7 heteroatoms. The summed E-state index contributed by atoms with van der Waals surface area (Å²) in [4.78, 5) is 21.4. The largest absolute Gasteiger partial charge is 0.323 e. The van der Waals surface area contributed by atoms with Crippen molar-refractivity contribution in [2.75, 3.05) is 10.6 Å². The molecule has 3 rings (SSSR count). The third-order valence-corrected chi connectivity index (χ3v) is 4.42. The Hall–Kier alpha value is -2.63. The molecule has 0 atom stereocenters. The summed E-state index contributed by atoms with van der Waals surface area (Å²) in [7, 11) is 0. The van der Waals surface area contributed by atoms with E-state index in [0.717, 1.165) is 11.4 Å². The highest BCUT2D eigenvalue weighted by Gasteiger charge is 2.14. The van der Waals surface area contributed by atoms with Gasteiger partial charge in [0, 0.05) is 11.4 Å². The number of nitrogens with one attached hydrogen (secondary N) is 2. The number of carbonyl (C=O) groups is 1. The fourth-order valence-electron chi connectivity index (χ4n) is 2.48. The number of aromatic nitrogens is 2. The van der Waals surface area contributed by atoms with Gasteiger partial charge in [-0.15, -0.1) is 0 Å². The fraction of sp³-hybridized carbons (Fsp3) is 0.105. The van der Waals surface area contributed by atoms with Gasteiger partial charge in [-0.1, -0.05) is 41.4 Å². The Bertz CT molecular complexity index is 955. The van der Waals surface area contributed by atoms with E-state index in [2.05, 4.69) is 20.6 Å². The van der Waals surface area contributed by atoms with Gasteiger partial charge in [0.15, 0.2) is 0 Å². The number of rotatable bonds is 4. The lowest BCUT2D eigenvalue weighted by Crippen LogP contribution is -2.14. The number of benzene rings is 2. The summed E-state index contributed by atoms with van der Waals surface area (Å²) in [5, 5.41) is 6.56. The first-order chi connectivity index (χ1) is 12.4. The smallest absolute Gasteiger partial charge is 0.257 e. The Labute approximate surface area is 161 Å². The van der Waals surface area contributed by atoms with Crippen LogP contribution in [-0.2, 0) is 0 Å². The molecule has 0 unspecified atom stereocenters. The number of hydrogen-bond acceptors (Lipinski definition) is 4. The molecule has 1 amide bonds. The minimum atomic E-state index is -0.318. The summed E-state index contributed by atoms with van der Waals surface area (Å²) in [5.74, 6) is 0.116. The third kappa shape index (κ3) is 4.12. The molecule has 3 aromatic rings. The lowest BCUT2D eigenvalue weighted by molar-refractivity contribution is 0.102. The lowest BCUT2D eigenvalue weighted by atomic mass is 10.1. The second-order valence-corrected chi connectivity index (χ2v) is 6.49. The van der Waals surface area contributed by atoms with Gasteiger partial charge in [-0.25, -0.2) is 9.97 Å². The van der Waals surface area contributed by atoms with E-state index in [1.54, 1.807) is 36.4 Å². The highest BCUT2D eigenvalue weighted by molar-refractivity contribution is 6.44. The molecule has 26 heavy (non-hydrogen) atoms. The number of halogens is 2. The molecule has 0 bridgehead atoms. The van der Waals surface area contributed by atoms with Crippen LogP contribution in [-0.4, -0.2) is 15.9 Å². The summed E-state index contributed by atoms with van der Waals surface area (Å²) in [5.41, 5.74) is 3.15. The van der Waals surface area contributed by atoms with Crippen molar-refractivity contribution in [1.82, 2.24) is 9.97 Å². The van der Waals surface area contributed by atoms with Crippen molar-refractivity contribution in [2.45, 2.75) is 13.8 Å². The molecule has 1 heterocycles. The Morgan fingerprint density at radius 3 is 2.31 bits per heavy atom. The molecule has 5 nitrogen and oxygen atoms in total. The highest BCUT2D eigenvalue weighted by Crippen LogP contribution is 2.30. The minimum Gasteiger partial charge on any atom is -0.323 e. The molecule has 0 spiro atoms. The number of anilines is 3. The van der Waals surface area contributed by atoms with Gasteiger partial charge < -0.3 is 10.6 Å². The van der Waals surface area contributed by atoms with Crippen LogP contribution in [0.25, 0.3) is 0 Å². The Kier molecular flexibility index (Phi) is 5.40. The van der Waals surface area contributed by atoms with Crippen LogP contribution in [0, 0.1) is 13.8 Å².